The van der Waals surface area contributed by atoms with Gasteiger partial charge >= 0.3 is 5.97 Å². The number of thiophene rings is 1. The first-order valence-corrected chi connectivity index (χ1v) is 11.4. The van der Waals surface area contributed by atoms with Crippen LogP contribution in [0.2, 0.25) is 0 Å². The lowest BCUT2D eigenvalue weighted by atomic mass is 10.2. The molecule has 26 heavy (non-hydrogen) atoms. The van der Waals surface area contributed by atoms with Gasteiger partial charge in [-0.2, -0.15) is 16.8 Å². The largest absolute Gasteiger partial charge is 0.465 e. The maximum absolute atomic E-state index is 12.5. The summed E-state index contributed by atoms with van der Waals surface area (Å²) in [4.78, 5) is 29.8. The summed E-state index contributed by atoms with van der Waals surface area (Å²) >= 11 is 7.85. The molecule has 0 saturated heterocycles. The monoisotopic (exact) mass is 470 g/mol. The summed E-state index contributed by atoms with van der Waals surface area (Å²) in [5.41, 5.74) is 1.44. The lowest BCUT2D eigenvalue weighted by Crippen LogP contribution is -2.18. The van der Waals surface area contributed by atoms with Crippen LogP contribution in [-0.4, -0.2) is 35.6 Å². The summed E-state index contributed by atoms with van der Waals surface area (Å²) in [7, 11) is 1.36. The van der Waals surface area contributed by atoms with Crippen LogP contribution < -0.4 is 4.80 Å². The average Bonchev–Trinajstić information content (AvgIpc) is 3.22. The Bertz CT molecular complexity index is 1040. The molecule has 0 bridgehead atoms. The first-order valence-electron chi connectivity index (χ1n) is 7.58. The molecule has 3 rings (SSSR count). The van der Waals surface area contributed by atoms with Crippen molar-refractivity contribution in [3.05, 3.63) is 49.4 Å². The van der Waals surface area contributed by atoms with Crippen molar-refractivity contribution in [1.82, 2.24) is 4.57 Å². The standard InChI is InChI=1S/C17H15BrN2O3S3/c1-23-16(22)10-3-4-11-13(9-10)26-17(20(11)7-8-24-2)19-15(21)12-5-6-14(18)25-12/h3-6,9H,7-8H2,1-2H3. The van der Waals surface area contributed by atoms with Gasteiger partial charge in [0.15, 0.2) is 4.80 Å². The predicted octanol–water partition coefficient (Wildman–Crippen LogP) is 4.42. The molecular weight excluding hydrogens is 456 g/mol. The first kappa shape index (κ1) is 19.3. The van der Waals surface area contributed by atoms with Gasteiger partial charge in [-0.15, -0.1) is 11.3 Å². The number of amides is 1. The number of thioether (sulfide) groups is 1. The van der Waals surface area contributed by atoms with E-state index in [1.807, 2.05) is 23.0 Å². The van der Waals surface area contributed by atoms with Crippen LogP contribution in [0.3, 0.4) is 0 Å². The second-order valence-electron chi connectivity index (χ2n) is 5.22. The van der Waals surface area contributed by atoms with Crippen LogP contribution in [-0.2, 0) is 11.3 Å². The van der Waals surface area contributed by atoms with E-state index >= 15 is 0 Å². The molecule has 0 saturated carbocycles. The first-order chi connectivity index (χ1) is 12.5. The topological polar surface area (TPSA) is 60.7 Å². The Hall–Kier alpha value is -1.42. The minimum atomic E-state index is -0.381. The molecule has 0 aliphatic heterocycles. The Balaban J connectivity index is 2.11. The molecule has 0 aliphatic carbocycles. The zero-order valence-corrected chi connectivity index (χ0v) is 18.1. The molecule has 0 radical (unpaired) electrons. The van der Waals surface area contributed by atoms with Gasteiger partial charge in [0.1, 0.15) is 0 Å². The van der Waals surface area contributed by atoms with Crippen LogP contribution in [0.5, 0.6) is 0 Å². The van der Waals surface area contributed by atoms with E-state index in [9.17, 15) is 9.59 Å². The quantitative estimate of drug-likeness (QED) is 0.517. The normalized spacial score (nSPS) is 11.9. The van der Waals surface area contributed by atoms with Crippen molar-refractivity contribution in [3.63, 3.8) is 0 Å². The molecule has 0 atom stereocenters. The van der Waals surface area contributed by atoms with Crippen LogP contribution in [0, 0.1) is 0 Å². The van der Waals surface area contributed by atoms with E-state index in [1.165, 1.54) is 29.8 Å². The number of carbonyl (C=O) groups excluding carboxylic acids is 2. The highest BCUT2D eigenvalue weighted by molar-refractivity contribution is 9.11. The number of nitrogens with zero attached hydrogens (tertiary/aromatic N) is 2. The number of rotatable bonds is 5. The third-order valence-corrected chi connectivity index (χ3v) is 6.85. The Morgan fingerprint density at radius 3 is 2.73 bits per heavy atom. The number of methoxy groups -OCH3 is 1. The van der Waals surface area contributed by atoms with Gasteiger partial charge < -0.3 is 9.30 Å². The third-order valence-electron chi connectivity index (χ3n) is 3.60. The highest BCUT2D eigenvalue weighted by atomic mass is 79.9. The number of aromatic nitrogens is 1. The molecule has 3 aromatic rings. The van der Waals surface area contributed by atoms with Crippen molar-refractivity contribution in [2.75, 3.05) is 19.1 Å². The molecule has 0 spiro atoms. The molecule has 0 unspecified atom stereocenters. The van der Waals surface area contributed by atoms with Crippen LogP contribution in [0.1, 0.15) is 20.0 Å². The second kappa shape index (κ2) is 8.51. The number of benzene rings is 1. The number of hydrogen-bond donors (Lipinski definition) is 0. The second-order valence-corrected chi connectivity index (χ2v) is 9.68. The summed E-state index contributed by atoms with van der Waals surface area (Å²) in [5, 5.41) is 0. The van der Waals surface area contributed by atoms with Gasteiger partial charge in [-0.3, -0.25) is 4.79 Å². The maximum atomic E-state index is 12.5. The van der Waals surface area contributed by atoms with Gasteiger partial charge in [-0.25, -0.2) is 4.79 Å². The van der Waals surface area contributed by atoms with E-state index in [0.717, 1.165) is 26.3 Å². The summed E-state index contributed by atoms with van der Waals surface area (Å²) in [6.07, 6.45) is 2.04. The van der Waals surface area contributed by atoms with E-state index in [1.54, 1.807) is 30.0 Å². The molecular formula is C17H15BrN2O3S3. The highest BCUT2D eigenvalue weighted by Crippen LogP contribution is 2.23. The fourth-order valence-electron chi connectivity index (χ4n) is 2.37. The molecule has 0 fully saturated rings. The Labute approximate surface area is 170 Å². The summed E-state index contributed by atoms with van der Waals surface area (Å²) < 4.78 is 8.60. The highest BCUT2D eigenvalue weighted by Gasteiger charge is 2.13. The molecule has 2 aromatic heterocycles. The molecule has 1 aromatic carbocycles. The summed E-state index contributed by atoms with van der Waals surface area (Å²) in [5.74, 6) is 0.253. The minimum absolute atomic E-state index is 0.265. The average molecular weight is 471 g/mol. The van der Waals surface area contributed by atoms with Crippen LogP contribution in [0.25, 0.3) is 10.2 Å². The number of aryl methyl sites for hydroxylation is 1. The van der Waals surface area contributed by atoms with Gasteiger partial charge in [-0.1, -0.05) is 11.3 Å². The lowest BCUT2D eigenvalue weighted by molar-refractivity contribution is 0.0601. The van der Waals surface area contributed by atoms with Gasteiger partial charge in [0.05, 0.1) is 31.6 Å². The number of fused-ring (bicyclic) bond motifs is 1. The number of thiazole rings is 1. The van der Waals surface area contributed by atoms with Crippen molar-refractivity contribution < 1.29 is 14.3 Å². The fourth-order valence-corrected chi connectivity index (χ4v) is 5.10. The fraction of sp³-hybridized carbons (Fsp3) is 0.235. The van der Waals surface area contributed by atoms with Crippen LogP contribution >= 0.6 is 50.4 Å². The van der Waals surface area contributed by atoms with E-state index in [-0.39, 0.29) is 11.9 Å². The summed E-state index contributed by atoms with van der Waals surface area (Å²) in [6, 6.07) is 8.99. The Morgan fingerprint density at radius 2 is 2.08 bits per heavy atom. The number of ether oxygens (including phenoxy) is 1. The van der Waals surface area contributed by atoms with E-state index in [2.05, 4.69) is 20.9 Å². The maximum Gasteiger partial charge on any atom is 0.337 e. The van der Waals surface area contributed by atoms with E-state index in [4.69, 9.17) is 4.74 Å². The lowest BCUT2D eigenvalue weighted by Gasteiger charge is -2.04. The van der Waals surface area contributed by atoms with Crippen molar-refractivity contribution in [1.29, 1.82) is 0 Å². The number of carbonyl (C=O) groups is 2. The third kappa shape index (κ3) is 4.11. The molecule has 0 N–H and O–H groups in total. The zero-order chi connectivity index (χ0) is 18.7. The Morgan fingerprint density at radius 1 is 1.27 bits per heavy atom. The molecule has 136 valence electrons. The van der Waals surface area contributed by atoms with Crippen molar-refractivity contribution in [3.8, 4) is 0 Å². The molecule has 1 amide bonds. The predicted molar refractivity (Wildman–Crippen MR) is 111 cm³/mol. The van der Waals surface area contributed by atoms with Crippen LogP contribution in [0.4, 0.5) is 0 Å². The van der Waals surface area contributed by atoms with Gasteiger partial charge in [0, 0.05) is 12.3 Å². The smallest absolute Gasteiger partial charge is 0.337 e. The van der Waals surface area contributed by atoms with E-state index in [0.29, 0.717) is 15.2 Å². The number of hydrogen-bond acceptors (Lipinski definition) is 6. The molecule has 2 heterocycles. The van der Waals surface area contributed by atoms with Crippen LogP contribution in [0.15, 0.2) is 39.1 Å². The van der Waals surface area contributed by atoms with E-state index < -0.39 is 0 Å². The van der Waals surface area contributed by atoms with Gasteiger partial charge in [0.2, 0.25) is 0 Å². The molecule has 9 heteroatoms. The number of esters is 1. The SMILES string of the molecule is COC(=O)c1ccc2c(c1)sc(=NC(=O)c1ccc(Br)s1)n2CCSC. The molecule has 0 aliphatic rings. The minimum Gasteiger partial charge on any atom is -0.465 e. The Kier molecular flexibility index (Phi) is 6.33. The number of halogens is 1. The van der Waals surface area contributed by atoms with Gasteiger partial charge in [0.25, 0.3) is 5.91 Å². The summed E-state index contributed by atoms with van der Waals surface area (Å²) in [6.45, 7) is 0.735. The van der Waals surface area contributed by atoms with Gasteiger partial charge in [-0.05, 0) is 52.5 Å². The molecule has 5 nitrogen and oxygen atoms in total. The zero-order valence-electron chi connectivity index (χ0n) is 14.0. The van der Waals surface area contributed by atoms with Crippen molar-refractivity contribution in [2.24, 2.45) is 4.99 Å². The van der Waals surface area contributed by atoms with Crippen molar-refractivity contribution in [2.45, 2.75) is 6.54 Å². The van der Waals surface area contributed by atoms with Crippen molar-refractivity contribution >= 4 is 72.5 Å².